The van der Waals surface area contributed by atoms with E-state index in [1.165, 1.54) is 135 Å². The first-order valence-corrected chi connectivity index (χ1v) is 28.2. The van der Waals surface area contributed by atoms with Crippen LogP contribution in [0.2, 0.25) is 0 Å². The normalized spacial score (nSPS) is 21.0. The number of rotatable bonds is 2. The zero-order valence-corrected chi connectivity index (χ0v) is 47.0. The Bertz CT molecular complexity index is 3810. The predicted molar refractivity (Wildman–Crippen MR) is 316 cm³/mol. The second kappa shape index (κ2) is 14.5. The Morgan fingerprint density at radius 3 is 1.64 bits per heavy atom. The monoisotopic (exact) mass is 971 g/mol. The van der Waals surface area contributed by atoms with Gasteiger partial charge in [-0.05, 0) is 204 Å². The first-order valence-electron chi connectivity index (χ1n) is 28.2. The number of nitrogens with zero attached hydrogens (tertiary/aromatic N) is 2. The van der Waals surface area contributed by atoms with Crippen molar-refractivity contribution < 1.29 is 4.42 Å². The molecule has 3 heterocycles. The third kappa shape index (κ3) is 6.09. The number of benzene rings is 7. The highest BCUT2D eigenvalue weighted by Crippen LogP contribution is 2.59. The molecule has 4 aliphatic carbocycles. The van der Waals surface area contributed by atoms with E-state index >= 15 is 0 Å². The van der Waals surface area contributed by atoms with Crippen molar-refractivity contribution in [3.8, 4) is 22.3 Å². The number of aryl methyl sites for hydroxylation is 1. The average molecular weight is 971 g/mol. The van der Waals surface area contributed by atoms with Gasteiger partial charge in [-0.2, -0.15) is 0 Å². The van der Waals surface area contributed by atoms with Gasteiger partial charge >= 0.3 is 6.85 Å². The summed E-state index contributed by atoms with van der Waals surface area (Å²) < 4.78 is 7.44. The largest absolute Gasteiger partial charge is 0.454 e. The lowest BCUT2D eigenvalue weighted by Crippen LogP contribution is -2.62. The van der Waals surface area contributed by atoms with Crippen molar-refractivity contribution in [1.29, 1.82) is 0 Å². The van der Waals surface area contributed by atoms with Crippen LogP contribution in [0.3, 0.4) is 0 Å². The Balaban J connectivity index is 1.18. The SMILES string of the molecule is Cc1cc2c(cc1N1c3cc4c(cc3B3c5c(cc6c(oc7ccccc76)c51)-c1cc5c(cc1N3c1ccc3c(c1)C(C)(C)CCC3(C)C)C(C)(C)CCC5(C)C)C(C)(C)c1ccccc1-4)C(C)(C)CCC2(C)C. The molecule has 1 aromatic heterocycles. The first-order chi connectivity index (χ1) is 34.8. The molecule has 0 amide bonds. The number of anilines is 5. The maximum atomic E-state index is 7.44. The van der Waals surface area contributed by atoms with Crippen molar-refractivity contribution in [1.82, 2.24) is 0 Å². The molecule has 7 aromatic carbocycles. The number of fused-ring (bicyclic) bond motifs is 14. The highest BCUT2D eigenvalue weighted by molar-refractivity contribution is 6.94. The Morgan fingerprint density at radius 1 is 0.419 bits per heavy atom. The molecule has 0 saturated carbocycles. The van der Waals surface area contributed by atoms with E-state index in [9.17, 15) is 0 Å². The maximum absolute atomic E-state index is 7.44. The van der Waals surface area contributed by atoms with E-state index in [1.54, 1.807) is 0 Å². The van der Waals surface area contributed by atoms with Gasteiger partial charge in [0.25, 0.3) is 0 Å². The molecule has 74 heavy (non-hydrogen) atoms. The molecule has 0 atom stereocenters. The van der Waals surface area contributed by atoms with Crippen molar-refractivity contribution in [2.24, 2.45) is 0 Å². The number of para-hydroxylation sites is 1. The molecule has 2 aliphatic heterocycles. The van der Waals surface area contributed by atoms with Crippen LogP contribution in [0.25, 0.3) is 44.2 Å². The molecule has 14 rings (SSSR count). The molecule has 0 radical (unpaired) electrons. The molecule has 374 valence electrons. The Labute approximate surface area is 441 Å². The highest BCUT2D eigenvalue weighted by atomic mass is 16.3. The van der Waals surface area contributed by atoms with Crippen LogP contribution in [-0.2, 0) is 37.9 Å². The van der Waals surface area contributed by atoms with E-state index in [2.05, 4.69) is 223 Å². The van der Waals surface area contributed by atoms with Gasteiger partial charge in [-0.1, -0.05) is 158 Å². The Hall–Kier alpha value is -6.00. The summed E-state index contributed by atoms with van der Waals surface area (Å²) >= 11 is 0. The fourth-order valence-electron chi connectivity index (χ4n) is 15.7. The van der Waals surface area contributed by atoms with Crippen LogP contribution in [0, 0.1) is 6.92 Å². The van der Waals surface area contributed by atoms with Crippen LogP contribution in [0.5, 0.6) is 0 Å². The van der Waals surface area contributed by atoms with E-state index in [0.717, 1.165) is 36.8 Å². The first kappa shape index (κ1) is 46.5. The summed E-state index contributed by atoms with van der Waals surface area (Å²) in [7, 11) is 0. The lowest BCUT2D eigenvalue weighted by Gasteiger charge is -2.49. The standard InChI is InChI=1S/C70H75BN2O/c1-40-32-51-54(68(10,11)30-28-65(51,4)5)38-57(40)72-59-36-44-42-20-16-18-22-48(42)70(14,15)50(44)37-56(59)71-61-46(34-47-43-21-17-19-23-60(43)74-63(47)62(61)72)45-35-53-55(69(12,13)31-29-67(53,8)9)39-58(45)73(71)41-24-25-49-52(33-41)66(6,7)27-26-64(49,2)3/h16-25,32-39H,26-31H2,1-15H3. The summed E-state index contributed by atoms with van der Waals surface area (Å²) in [5, 5.41) is 2.35. The van der Waals surface area contributed by atoms with E-state index in [0.29, 0.717) is 0 Å². The number of furan rings is 1. The zero-order valence-electron chi connectivity index (χ0n) is 47.0. The van der Waals surface area contributed by atoms with Gasteiger partial charge < -0.3 is 14.1 Å². The third-order valence-corrected chi connectivity index (χ3v) is 20.7. The second-order valence-corrected chi connectivity index (χ2v) is 28.5. The molecule has 0 N–H and O–H groups in total. The van der Waals surface area contributed by atoms with Crippen molar-refractivity contribution in [3.63, 3.8) is 0 Å². The van der Waals surface area contributed by atoms with Gasteiger partial charge in [-0.3, -0.25) is 0 Å². The number of hydrogen-bond acceptors (Lipinski definition) is 3. The number of hydrogen-bond donors (Lipinski definition) is 0. The minimum absolute atomic E-state index is 0.0182. The van der Waals surface area contributed by atoms with Crippen LogP contribution in [0.15, 0.2) is 114 Å². The predicted octanol–water partition coefficient (Wildman–Crippen LogP) is 18.0. The second-order valence-electron chi connectivity index (χ2n) is 28.5. The fraction of sp³-hybridized carbons (Fsp3) is 0.400. The van der Waals surface area contributed by atoms with E-state index < -0.39 is 0 Å². The van der Waals surface area contributed by atoms with Gasteiger partial charge in [0.1, 0.15) is 5.58 Å². The molecule has 0 fully saturated rings. The summed E-state index contributed by atoms with van der Waals surface area (Å²) in [6.45, 7) is 36.9. The van der Waals surface area contributed by atoms with Crippen LogP contribution >= 0.6 is 0 Å². The summed E-state index contributed by atoms with van der Waals surface area (Å²) in [5.74, 6) is 0. The van der Waals surface area contributed by atoms with Crippen molar-refractivity contribution >= 4 is 68.1 Å². The van der Waals surface area contributed by atoms with Crippen LogP contribution in [0.1, 0.15) is 186 Å². The van der Waals surface area contributed by atoms with Crippen molar-refractivity contribution in [2.75, 3.05) is 9.71 Å². The van der Waals surface area contributed by atoms with Gasteiger partial charge in [0.2, 0.25) is 0 Å². The topological polar surface area (TPSA) is 19.6 Å². The van der Waals surface area contributed by atoms with Crippen LogP contribution in [0.4, 0.5) is 28.4 Å². The quantitative estimate of drug-likeness (QED) is 0.161. The lowest BCUT2D eigenvalue weighted by molar-refractivity contribution is 0.332. The summed E-state index contributed by atoms with van der Waals surface area (Å²) in [4.78, 5) is 5.54. The molecule has 0 spiro atoms. The summed E-state index contributed by atoms with van der Waals surface area (Å²) in [6.07, 6.45) is 7.00. The fourth-order valence-corrected chi connectivity index (χ4v) is 15.7. The van der Waals surface area contributed by atoms with Gasteiger partial charge in [0.15, 0.2) is 5.58 Å². The molecule has 8 aromatic rings. The van der Waals surface area contributed by atoms with Crippen LogP contribution in [-0.4, -0.2) is 6.85 Å². The minimum Gasteiger partial charge on any atom is -0.454 e. The molecule has 0 bridgehead atoms. The van der Waals surface area contributed by atoms with Gasteiger partial charge in [0, 0.05) is 44.5 Å². The summed E-state index contributed by atoms with van der Waals surface area (Å²) in [6, 6.07) is 44.0. The molecule has 0 unspecified atom stereocenters. The Morgan fingerprint density at radius 2 is 0.973 bits per heavy atom. The molecule has 6 aliphatic rings. The molecular formula is C70H75BN2O. The van der Waals surface area contributed by atoms with Gasteiger partial charge in [-0.15, -0.1) is 0 Å². The average Bonchev–Trinajstić information content (AvgIpc) is 3.89. The maximum Gasteiger partial charge on any atom is 0.333 e. The molecule has 0 saturated heterocycles. The van der Waals surface area contributed by atoms with Gasteiger partial charge in [0.05, 0.1) is 5.69 Å². The van der Waals surface area contributed by atoms with E-state index in [4.69, 9.17) is 4.42 Å². The van der Waals surface area contributed by atoms with E-state index in [1.807, 2.05) is 0 Å². The van der Waals surface area contributed by atoms with Gasteiger partial charge in [-0.25, -0.2) is 0 Å². The molecular weight excluding hydrogens is 896 g/mol. The smallest absolute Gasteiger partial charge is 0.333 e. The van der Waals surface area contributed by atoms with Crippen molar-refractivity contribution in [2.45, 2.75) is 180 Å². The minimum atomic E-state index is -0.192. The summed E-state index contributed by atoms with van der Waals surface area (Å²) in [5.41, 5.74) is 29.3. The third-order valence-electron chi connectivity index (χ3n) is 20.7. The zero-order chi connectivity index (χ0) is 51.8. The lowest BCUT2D eigenvalue weighted by atomic mass is 9.42. The van der Waals surface area contributed by atoms with Crippen LogP contribution < -0.4 is 20.6 Å². The van der Waals surface area contributed by atoms with Crippen molar-refractivity contribution in [3.05, 3.63) is 159 Å². The molecule has 3 nitrogen and oxygen atoms in total. The highest BCUT2D eigenvalue weighted by Gasteiger charge is 2.51. The molecule has 4 heteroatoms. The Kier molecular flexibility index (Phi) is 9.10. The van der Waals surface area contributed by atoms with E-state index in [-0.39, 0.29) is 44.8 Å².